The van der Waals surface area contributed by atoms with Gasteiger partial charge in [0.05, 0.1) is 0 Å². The van der Waals surface area contributed by atoms with Gasteiger partial charge in [0.25, 0.3) is 0 Å². The lowest BCUT2D eigenvalue weighted by Crippen LogP contribution is -2.63. The van der Waals surface area contributed by atoms with E-state index in [1.54, 1.807) is 0 Å². The number of ether oxygens (including phenoxy) is 6. The molecule has 0 spiro atoms. The highest BCUT2D eigenvalue weighted by atomic mass is 16.7. The van der Waals surface area contributed by atoms with Gasteiger partial charge in [-0.1, -0.05) is 0 Å². The van der Waals surface area contributed by atoms with Gasteiger partial charge in [-0.05, 0) is 12.8 Å². The maximum Gasteiger partial charge on any atom is 0.303 e. The van der Waals surface area contributed by atoms with Crippen LogP contribution >= 0.6 is 0 Å². The van der Waals surface area contributed by atoms with E-state index in [1.807, 2.05) is 0 Å². The molecule has 166 valence electrons. The lowest BCUT2D eigenvalue weighted by Gasteiger charge is -2.44. The Hall–Kier alpha value is -2.24. The second kappa shape index (κ2) is 12.3. The Kier molecular flexibility index (Phi) is 10.6. The van der Waals surface area contributed by atoms with Gasteiger partial charge in [-0.2, -0.15) is 0 Å². The minimum atomic E-state index is -1.25. The van der Waals surface area contributed by atoms with Crippen LogP contribution in [0.15, 0.2) is 0 Å². The summed E-state index contributed by atoms with van der Waals surface area (Å²) in [6, 6.07) is 0. The van der Waals surface area contributed by atoms with Crippen LogP contribution in [-0.2, 0) is 47.6 Å². The molecular weight excluding hydrogens is 392 g/mol. The maximum atomic E-state index is 11.7. The molecule has 1 rings (SSSR count). The zero-order valence-corrected chi connectivity index (χ0v) is 17.0. The first kappa shape index (κ1) is 24.8. The Bertz CT molecular complexity index is 576. The minimum absolute atomic E-state index is 0.0259. The summed E-state index contributed by atoms with van der Waals surface area (Å²) in [6.07, 6.45) is -4.95. The van der Waals surface area contributed by atoms with Crippen LogP contribution in [-0.4, -0.2) is 79.5 Å². The van der Waals surface area contributed by atoms with Gasteiger partial charge in [0.2, 0.25) is 0 Å². The van der Waals surface area contributed by atoms with Gasteiger partial charge in [0.15, 0.2) is 24.6 Å². The summed E-state index contributed by atoms with van der Waals surface area (Å²) in [5.41, 5.74) is 0. The molecule has 11 heteroatoms. The predicted octanol–water partition coefficient (Wildman–Crippen LogP) is -0.141. The van der Waals surface area contributed by atoms with Crippen molar-refractivity contribution in [2.45, 2.75) is 71.2 Å². The number of hydrogen-bond acceptors (Lipinski definition) is 11. The quantitative estimate of drug-likeness (QED) is 0.286. The van der Waals surface area contributed by atoms with E-state index in [1.165, 1.54) is 6.92 Å². The van der Waals surface area contributed by atoms with Crippen LogP contribution in [0.5, 0.6) is 0 Å². The normalized spacial score (nSPS) is 26.3. The number of unbranched alkanes of at least 4 members (excludes halogenated alkanes) is 1. The van der Waals surface area contributed by atoms with Crippen molar-refractivity contribution in [1.29, 1.82) is 0 Å². The van der Waals surface area contributed by atoms with Crippen molar-refractivity contribution in [1.82, 2.24) is 0 Å². The summed E-state index contributed by atoms with van der Waals surface area (Å²) >= 11 is 0. The van der Waals surface area contributed by atoms with Crippen LogP contribution in [0.1, 0.15) is 40.5 Å². The van der Waals surface area contributed by atoms with E-state index < -0.39 is 54.6 Å². The second-order valence-electron chi connectivity index (χ2n) is 6.37. The molecule has 3 unspecified atom stereocenters. The van der Waals surface area contributed by atoms with Gasteiger partial charge >= 0.3 is 23.9 Å². The number of carbonyl (C=O) groups is 4. The van der Waals surface area contributed by atoms with Crippen LogP contribution in [0.25, 0.3) is 0 Å². The average Bonchev–Trinajstić information content (AvgIpc) is 2.60. The molecular formula is C18H28O11. The number of carbonyl (C=O) groups excluding carboxylic acids is 4. The predicted molar refractivity (Wildman–Crippen MR) is 94.2 cm³/mol. The number of rotatable bonds is 10. The minimum Gasteiger partial charge on any atom is -0.463 e. The van der Waals surface area contributed by atoms with Crippen molar-refractivity contribution in [2.24, 2.45) is 0 Å². The summed E-state index contributed by atoms with van der Waals surface area (Å²) in [5, 5.41) is 8.89. The number of hydrogen-bond donors (Lipinski definition) is 1. The fourth-order valence-corrected chi connectivity index (χ4v) is 2.74. The Morgan fingerprint density at radius 2 is 1.34 bits per heavy atom. The molecule has 1 heterocycles. The molecule has 0 saturated carbocycles. The fourth-order valence-electron chi connectivity index (χ4n) is 2.74. The summed E-state index contributed by atoms with van der Waals surface area (Å²) in [6.45, 7) is 4.44. The van der Waals surface area contributed by atoms with Crippen LogP contribution in [0, 0.1) is 0 Å². The summed E-state index contributed by atoms with van der Waals surface area (Å²) in [7, 11) is 0. The highest BCUT2D eigenvalue weighted by molar-refractivity contribution is 5.68. The van der Waals surface area contributed by atoms with Crippen LogP contribution < -0.4 is 0 Å². The Labute approximate surface area is 168 Å². The zero-order chi connectivity index (χ0) is 22.0. The van der Waals surface area contributed by atoms with E-state index in [-0.39, 0.29) is 19.8 Å². The molecule has 0 bridgehead atoms. The first-order valence-corrected chi connectivity index (χ1v) is 9.18. The molecule has 1 saturated heterocycles. The third-order valence-electron chi connectivity index (χ3n) is 3.78. The first-order valence-electron chi connectivity index (χ1n) is 9.18. The van der Waals surface area contributed by atoms with Gasteiger partial charge in [0, 0.05) is 40.9 Å². The second-order valence-corrected chi connectivity index (χ2v) is 6.37. The molecule has 0 aromatic heterocycles. The van der Waals surface area contributed by atoms with Crippen molar-refractivity contribution >= 4 is 23.9 Å². The molecule has 1 N–H and O–H groups in total. The SMILES string of the molecule is CC(=O)OCC1O[C@@H](OCCCCO)C(OC(C)=O)C(OC(C)=O)[C@@H]1OC(C)=O. The molecule has 1 fully saturated rings. The van der Waals surface area contributed by atoms with Gasteiger partial charge in [-0.25, -0.2) is 0 Å². The summed E-state index contributed by atoms with van der Waals surface area (Å²) < 4.78 is 32.1. The van der Waals surface area contributed by atoms with Gasteiger partial charge in [-0.3, -0.25) is 19.2 Å². The van der Waals surface area contributed by atoms with Crippen LogP contribution in [0.4, 0.5) is 0 Å². The van der Waals surface area contributed by atoms with E-state index in [9.17, 15) is 19.2 Å². The van der Waals surface area contributed by atoms with Crippen molar-refractivity contribution in [2.75, 3.05) is 19.8 Å². The highest BCUT2D eigenvalue weighted by Gasteiger charge is 2.52. The van der Waals surface area contributed by atoms with Gasteiger partial charge in [-0.15, -0.1) is 0 Å². The molecule has 5 atom stereocenters. The zero-order valence-electron chi connectivity index (χ0n) is 17.0. The van der Waals surface area contributed by atoms with E-state index in [0.29, 0.717) is 12.8 Å². The van der Waals surface area contributed by atoms with Crippen molar-refractivity contribution in [3.05, 3.63) is 0 Å². The molecule has 0 aromatic rings. The van der Waals surface area contributed by atoms with Crippen molar-refractivity contribution in [3.63, 3.8) is 0 Å². The lowest BCUT2D eigenvalue weighted by molar-refractivity contribution is -0.308. The number of esters is 4. The monoisotopic (exact) mass is 420 g/mol. The van der Waals surface area contributed by atoms with E-state index in [0.717, 1.165) is 20.8 Å². The topological polar surface area (TPSA) is 144 Å². The van der Waals surface area contributed by atoms with Gasteiger partial charge < -0.3 is 33.5 Å². The summed E-state index contributed by atoms with van der Waals surface area (Å²) in [4.78, 5) is 46.1. The average molecular weight is 420 g/mol. The maximum absolute atomic E-state index is 11.7. The lowest BCUT2D eigenvalue weighted by atomic mass is 9.98. The van der Waals surface area contributed by atoms with E-state index >= 15 is 0 Å². The standard InChI is InChI=1S/C18H28O11/c1-10(20)25-9-14-15(26-11(2)21)16(27-12(3)22)17(28-13(4)23)18(29-14)24-8-6-5-7-19/h14-19H,5-9H2,1-4H3/t14?,15-,16?,17?,18-/m1/s1. The molecule has 0 amide bonds. The van der Waals surface area contributed by atoms with E-state index in [4.69, 9.17) is 33.5 Å². The fraction of sp³-hybridized carbons (Fsp3) is 0.778. The highest BCUT2D eigenvalue weighted by Crippen LogP contribution is 2.30. The first-order chi connectivity index (χ1) is 13.6. The Balaban J connectivity index is 3.17. The Morgan fingerprint density at radius 3 is 1.86 bits per heavy atom. The third-order valence-corrected chi connectivity index (χ3v) is 3.78. The molecule has 0 aromatic carbocycles. The molecule has 29 heavy (non-hydrogen) atoms. The van der Waals surface area contributed by atoms with E-state index in [2.05, 4.69) is 0 Å². The van der Waals surface area contributed by atoms with Crippen molar-refractivity contribution < 1.29 is 52.7 Å². The number of aliphatic hydroxyl groups is 1. The molecule has 1 aliphatic heterocycles. The molecule has 0 radical (unpaired) electrons. The third kappa shape index (κ3) is 8.75. The molecule has 1 aliphatic rings. The Morgan fingerprint density at radius 1 is 0.793 bits per heavy atom. The van der Waals surface area contributed by atoms with Crippen molar-refractivity contribution in [3.8, 4) is 0 Å². The number of aliphatic hydroxyl groups excluding tert-OH is 1. The van der Waals surface area contributed by atoms with Crippen LogP contribution in [0.2, 0.25) is 0 Å². The smallest absolute Gasteiger partial charge is 0.303 e. The summed E-state index contributed by atoms with van der Waals surface area (Å²) in [5.74, 6) is -2.70. The molecule has 11 nitrogen and oxygen atoms in total. The largest absolute Gasteiger partial charge is 0.463 e. The van der Waals surface area contributed by atoms with Gasteiger partial charge in [0.1, 0.15) is 12.7 Å². The van der Waals surface area contributed by atoms with Crippen LogP contribution in [0.3, 0.4) is 0 Å². The molecule has 0 aliphatic carbocycles.